The molecule has 2 atom stereocenters. The topological polar surface area (TPSA) is 41.3 Å². The van der Waals surface area contributed by atoms with E-state index in [1.54, 1.807) is 0 Å². The van der Waals surface area contributed by atoms with Gasteiger partial charge in [-0.05, 0) is 29.3 Å². The molecule has 2 heterocycles. The minimum atomic E-state index is -0.323. The molecule has 1 fully saturated rings. The Morgan fingerprint density at radius 1 is 1.17 bits per heavy atom. The normalized spacial score (nSPS) is 22.1. The number of β-amino-alcohol motifs (C(OH)–C–C–N with tert-alkyl or cyclic N) is 1. The van der Waals surface area contributed by atoms with Gasteiger partial charge in [-0.15, -0.1) is 0 Å². The van der Waals surface area contributed by atoms with Crippen molar-refractivity contribution >= 4 is 10.8 Å². The van der Waals surface area contributed by atoms with Gasteiger partial charge in [-0.25, -0.2) is 0 Å². The summed E-state index contributed by atoms with van der Waals surface area (Å²) in [6.45, 7) is 2.57. The molecule has 4 heteroatoms. The molecule has 3 aromatic rings. The lowest BCUT2D eigenvalue weighted by Gasteiger charge is -2.36. The standard InChI is InChI=1S/C20H23N3O/c1-22-12-15(11-21-22)13-23-9-8-19(20(24)14-23)18-7-6-16-4-2-3-5-17(16)10-18/h2-7,10-12,19-20,24H,8-9,13-14H2,1H3/t19-,20+/m0/s1. The highest BCUT2D eigenvalue weighted by atomic mass is 16.3. The van der Waals surface area contributed by atoms with E-state index in [0.717, 1.165) is 19.5 Å². The van der Waals surface area contributed by atoms with Crippen LogP contribution in [0.15, 0.2) is 54.9 Å². The largest absolute Gasteiger partial charge is 0.391 e. The maximum Gasteiger partial charge on any atom is 0.0736 e. The highest BCUT2D eigenvalue weighted by Gasteiger charge is 2.29. The van der Waals surface area contributed by atoms with Gasteiger partial charge >= 0.3 is 0 Å². The van der Waals surface area contributed by atoms with E-state index in [2.05, 4.69) is 52.5 Å². The molecule has 0 bridgehead atoms. The Labute approximate surface area is 142 Å². The van der Waals surface area contributed by atoms with Gasteiger partial charge in [0.25, 0.3) is 0 Å². The van der Waals surface area contributed by atoms with E-state index in [0.29, 0.717) is 6.54 Å². The first kappa shape index (κ1) is 15.4. The van der Waals surface area contributed by atoms with Crippen molar-refractivity contribution < 1.29 is 5.11 Å². The van der Waals surface area contributed by atoms with Crippen LogP contribution in [0.4, 0.5) is 0 Å². The molecule has 4 nitrogen and oxygen atoms in total. The summed E-state index contributed by atoms with van der Waals surface area (Å²) in [6, 6.07) is 15.0. The summed E-state index contributed by atoms with van der Waals surface area (Å²) in [5, 5.41) is 17.4. The molecule has 4 rings (SSSR count). The van der Waals surface area contributed by atoms with Gasteiger partial charge in [0.15, 0.2) is 0 Å². The van der Waals surface area contributed by atoms with Crippen molar-refractivity contribution in [2.75, 3.05) is 13.1 Å². The van der Waals surface area contributed by atoms with Gasteiger partial charge in [0.1, 0.15) is 0 Å². The summed E-state index contributed by atoms with van der Waals surface area (Å²) in [4.78, 5) is 2.32. The number of piperidine rings is 1. The van der Waals surface area contributed by atoms with Crippen molar-refractivity contribution in [2.45, 2.75) is 25.0 Å². The van der Waals surface area contributed by atoms with E-state index < -0.39 is 0 Å². The fourth-order valence-corrected chi connectivity index (χ4v) is 3.78. The second kappa shape index (κ2) is 6.38. The summed E-state index contributed by atoms with van der Waals surface area (Å²) in [7, 11) is 1.93. The van der Waals surface area contributed by atoms with Gasteiger partial charge in [-0.3, -0.25) is 9.58 Å². The quantitative estimate of drug-likeness (QED) is 0.806. The molecule has 1 N–H and O–H groups in total. The summed E-state index contributed by atoms with van der Waals surface area (Å²) in [5.74, 6) is 0.222. The average molecular weight is 321 g/mol. The number of hydrogen-bond donors (Lipinski definition) is 1. The number of fused-ring (bicyclic) bond motifs is 1. The van der Waals surface area contributed by atoms with E-state index in [-0.39, 0.29) is 12.0 Å². The second-order valence-corrected chi connectivity index (χ2v) is 6.83. The van der Waals surface area contributed by atoms with E-state index in [1.165, 1.54) is 21.9 Å². The molecule has 0 amide bonds. The van der Waals surface area contributed by atoms with Crippen LogP contribution in [0.1, 0.15) is 23.5 Å². The van der Waals surface area contributed by atoms with Crippen molar-refractivity contribution in [1.29, 1.82) is 0 Å². The van der Waals surface area contributed by atoms with Crippen LogP contribution in [0.2, 0.25) is 0 Å². The molecule has 0 unspecified atom stereocenters. The fourth-order valence-electron chi connectivity index (χ4n) is 3.78. The van der Waals surface area contributed by atoms with E-state index in [4.69, 9.17) is 0 Å². The SMILES string of the molecule is Cn1cc(CN2CC[C@@H](c3ccc4ccccc4c3)[C@H](O)C2)cn1. The number of likely N-dealkylation sites (tertiary alicyclic amines) is 1. The lowest BCUT2D eigenvalue weighted by molar-refractivity contribution is 0.0477. The fraction of sp³-hybridized carbons (Fsp3) is 0.350. The van der Waals surface area contributed by atoms with Crippen molar-refractivity contribution in [1.82, 2.24) is 14.7 Å². The van der Waals surface area contributed by atoms with E-state index in [1.807, 2.05) is 24.1 Å². The predicted molar refractivity (Wildman–Crippen MR) is 95.8 cm³/mol. The Bertz CT molecular complexity index is 842. The van der Waals surface area contributed by atoms with Crippen LogP contribution in [-0.2, 0) is 13.6 Å². The number of rotatable bonds is 3. The zero-order valence-electron chi connectivity index (χ0n) is 14.0. The first-order valence-electron chi connectivity index (χ1n) is 8.56. The highest BCUT2D eigenvalue weighted by molar-refractivity contribution is 5.83. The summed E-state index contributed by atoms with van der Waals surface area (Å²) in [5.41, 5.74) is 2.45. The second-order valence-electron chi connectivity index (χ2n) is 6.83. The van der Waals surface area contributed by atoms with Crippen LogP contribution in [0.3, 0.4) is 0 Å². The Kier molecular flexibility index (Phi) is 4.08. The molecular weight excluding hydrogens is 298 g/mol. The number of hydrogen-bond acceptors (Lipinski definition) is 3. The molecular formula is C20H23N3O. The number of aliphatic hydroxyl groups is 1. The molecule has 0 spiro atoms. The number of aryl methyl sites for hydroxylation is 1. The third kappa shape index (κ3) is 3.07. The lowest BCUT2D eigenvalue weighted by atomic mass is 9.86. The molecule has 1 aliphatic heterocycles. The third-order valence-electron chi connectivity index (χ3n) is 5.03. The maximum absolute atomic E-state index is 10.7. The van der Waals surface area contributed by atoms with Crippen molar-refractivity contribution in [3.63, 3.8) is 0 Å². The molecule has 1 saturated heterocycles. The van der Waals surface area contributed by atoms with Gasteiger partial charge in [0.2, 0.25) is 0 Å². The molecule has 2 aromatic carbocycles. The molecule has 124 valence electrons. The molecule has 0 radical (unpaired) electrons. The van der Waals surface area contributed by atoms with Crippen LogP contribution < -0.4 is 0 Å². The zero-order valence-corrected chi connectivity index (χ0v) is 14.0. The Morgan fingerprint density at radius 3 is 2.75 bits per heavy atom. The number of nitrogens with zero attached hydrogens (tertiary/aromatic N) is 3. The van der Waals surface area contributed by atoms with Gasteiger partial charge < -0.3 is 5.11 Å². The first-order valence-corrected chi connectivity index (χ1v) is 8.56. The predicted octanol–water partition coefficient (Wildman–Crippen LogP) is 2.92. The van der Waals surface area contributed by atoms with Gasteiger partial charge in [0.05, 0.1) is 12.3 Å². The van der Waals surface area contributed by atoms with Crippen LogP contribution in [-0.4, -0.2) is 39.0 Å². The summed E-state index contributed by atoms with van der Waals surface area (Å²) < 4.78 is 1.83. The van der Waals surface area contributed by atoms with E-state index >= 15 is 0 Å². The lowest BCUT2D eigenvalue weighted by Crippen LogP contribution is -2.42. The Morgan fingerprint density at radius 2 is 2.00 bits per heavy atom. The molecule has 24 heavy (non-hydrogen) atoms. The monoisotopic (exact) mass is 321 g/mol. The summed E-state index contributed by atoms with van der Waals surface area (Å²) in [6.07, 6.45) is 4.61. The molecule has 1 aromatic heterocycles. The summed E-state index contributed by atoms with van der Waals surface area (Å²) >= 11 is 0. The molecule has 0 saturated carbocycles. The first-order chi connectivity index (χ1) is 11.7. The number of aliphatic hydroxyl groups excluding tert-OH is 1. The Hall–Kier alpha value is -2.17. The zero-order chi connectivity index (χ0) is 16.5. The Balaban J connectivity index is 1.47. The number of aromatic nitrogens is 2. The third-order valence-corrected chi connectivity index (χ3v) is 5.03. The van der Waals surface area contributed by atoms with Gasteiger partial charge in [0, 0.05) is 37.8 Å². The van der Waals surface area contributed by atoms with Crippen molar-refractivity contribution in [3.05, 3.63) is 66.0 Å². The highest BCUT2D eigenvalue weighted by Crippen LogP contribution is 2.31. The minimum absolute atomic E-state index is 0.222. The van der Waals surface area contributed by atoms with Crippen molar-refractivity contribution in [3.8, 4) is 0 Å². The maximum atomic E-state index is 10.7. The van der Waals surface area contributed by atoms with Crippen molar-refractivity contribution in [2.24, 2.45) is 7.05 Å². The van der Waals surface area contributed by atoms with Crippen LogP contribution in [0.25, 0.3) is 10.8 Å². The number of benzene rings is 2. The minimum Gasteiger partial charge on any atom is -0.391 e. The smallest absolute Gasteiger partial charge is 0.0736 e. The van der Waals surface area contributed by atoms with Crippen LogP contribution in [0, 0.1) is 0 Å². The van der Waals surface area contributed by atoms with Crippen LogP contribution in [0.5, 0.6) is 0 Å². The molecule has 1 aliphatic rings. The van der Waals surface area contributed by atoms with Gasteiger partial charge in [-0.1, -0.05) is 42.5 Å². The van der Waals surface area contributed by atoms with Crippen LogP contribution >= 0.6 is 0 Å². The molecule has 0 aliphatic carbocycles. The average Bonchev–Trinajstić information content (AvgIpc) is 2.99. The van der Waals surface area contributed by atoms with E-state index in [9.17, 15) is 5.11 Å². The van der Waals surface area contributed by atoms with Gasteiger partial charge in [-0.2, -0.15) is 5.10 Å².